The average molecular weight is 310 g/mol. The number of rotatable bonds is 3. The fourth-order valence-electron chi connectivity index (χ4n) is 2.08. The Balaban J connectivity index is 1.99. The van der Waals surface area contributed by atoms with Crippen LogP contribution in [0.1, 0.15) is 18.6 Å². The molecule has 110 valence electrons. The number of halogens is 1. The first-order chi connectivity index (χ1) is 10.0. The standard InChI is InChI=1S/C12H11FN4O3S/c1-2-17-11(20)15-16-12(17)21-8-4-7-5(3-6(8)13)9(18)10(19)14-7/h3-4,9,18H,2H2,1H3,(H,14,19)(H,15,20). The van der Waals surface area contributed by atoms with Crippen LogP contribution in [0.25, 0.3) is 0 Å². The first kappa shape index (κ1) is 13.8. The van der Waals surface area contributed by atoms with E-state index in [1.54, 1.807) is 6.92 Å². The van der Waals surface area contributed by atoms with Crippen LogP contribution in [0.5, 0.6) is 0 Å². The van der Waals surface area contributed by atoms with Crippen molar-refractivity contribution < 1.29 is 14.3 Å². The third-order valence-electron chi connectivity index (χ3n) is 3.15. The first-order valence-electron chi connectivity index (χ1n) is 6.16. The molecule has 2 heterocycles. The highest BCUT2D eigenvalue weighted by Crippen LogP contribution is 2.37. The summed E-state index contributed by atoms with van der Waals surface area (Å²) in [4.78, 5) is 23.0. The number of H-pyrrole nitrogens is 1. The molecule has 2 aromatic rings. The van der Waals surface area contributed by atoms with Crippen molar-refractivity contribution in [2.45, 2.75) is 29.6 Å². The van der Waals surface area contributed by atoms with Gasteiger partial charge in [0.05, 0.1) is 4.90 Å². The molecule has 0 bridgehead atoms. The van der Waals surface area contributed by atoms with E-state index in [1.807, 2.05) is 0 Å². The normalized spacial score (nSPS) is 16.9. The Morgan fingerprint density at radius 2 is 2.24 bits per heavy atom. The number of benzene rings is 1. The molecule has 0 saturated heterocycles. The number of amides is 1. The van der Waals surface area contributed by atoms with Gasteiger partial charge in [0.1, 0.15) is 5.82 Å². The quantitative estimate of drug-likeness (QED) is 0.781. The molecule has 1 atom stereocenters. The van der Waals surface area contributed by atoms with Gasteiger partial charge in [0, 0.05) is 17.8 Å². The van der Waals surface area contributed by atoms with E-state index in [-0.39, 0.29) is 16.1 Å². The van der Waals surface area contributed by atoms with E-state index in [0.717, 1.165) is 17.8 Å². The zero-order valence-corrected chi connectivity index (χ0v) is 11.7. The second-order valence-corrected chi connectivity index (χ2v) is 5.43. The Bertz CT molecular complexity index is 785. The van der Waals surface area contributed by atoms with E-state index in [1.165, 1.54) is 10.6 Å². The predicted octanol–water partition coefficient (Wildman–Crippen LogP) is 0.867. The highest BCUT2D eigenvalue weighted by Gasteiger charge is 2.30. The van der Waals surface area contributed by atoms with Crippen molar-refractivity contribution >= 4 is 23.4 Å². The first-order valence-corrected chi connectivity index (χ1v) is 6.98. The predicted molar refractivity (Wildman–Crippen MR) is 72.6 cm³/mol. The second-order valence-electron chi connectivity index (χ2n) is 4.42. The van der Waals surface area contributed by atoms with Crippen molar-refractivity contribution in [3.63, 3.8) is 0 Å². The maximum atomic E-state index is 14.1. The van der Waals surface area contributed by atoms with Crippen LogP contribution in [0.4, 0.5) is 10.1 Å². The second kappa shape index (κ2) is 5.01. The van der Waals surface area contributed by atoms with E-state index in [2.05, 4.69) is 15.5 Å². The number of aromatic amines is 1. The Morgan fingerprint density at radius 1 is 1.48 bits per heavy atom. The van der Waals surface area contributed by atoms with Crippen molar-refractivity contribution in [3.05, 3.63) is 34.0 Å². The molecular formula is C12H11FN4O3S. The Labute approximate surface area is 122 Å². The fraction of sp³-hybridized carbons (Fsp3) is 0.250. The molecule has 21 heavy (non-hydrogen) atoms. The van der Waals surface area contributed by atoms with Gasteiger partial charge in [-0.15, -0.1) is 5.10 Å². The molecule has 1 aromatic carbocycles. The number of anilines is 1. The van der Waals surface area contributed by atoms with Gasteiger partial charge in [-0.1, -0.05) is 0 Å². The molecule has 1 aliphatic rings. The van der Waals surface area contributed by atoms with Gasteiger partial charge in [0.2, 0.25) is 0 Å². The van der Waals surface area contributed by atoms with Crippen LogP contribution in [0.3, 0.4) is 0 Å². The third-order valence-corrected chi connectivity index (χ3v) is 4.17. The molecule has 3 rings (SSSR count). The van der Waals surface area contributed by atoms with Gasteiger partial charge in [0.25, 0.3) is 5.91 Å². The number of hydrogen-bond acceptors (Lipinski definition) is 5. The number of fused-ring (bicyclic) bond motifs is 1. The molecule has 9 heteroatoms. The van der Waals surface area contributed by atoms with Crippen molar-refractivity contribution in [3.8, 4) is 0 Å². The minimum absolute atomic E-state index is 0.205. The minimum Gasteiger partial charge on any atom is -0.378 e. The van der Waals surface area contributed by atoms with E-state index < -0.39 is 17.8 Å². The van der Waals surface area contributed by atoms with Crippen molar-refractivity contribution in [1.82, 2.24) is 14.8 Å². The van der Waals surface area contributed by atoms with Crippen molar-refractivity contribution in [1.29, 1.82) is 0 Å². The van der Waals surface area contributed by atoms with Gasteiger partial charge in [-0.05, 0) is 30.8 Å². The summed E-state index contributed by atoms with van der Waals surface area (Å²) in [5, 5.41) is 18.5. The minimum atomic E-state index is -1.35. The van der Waals surface area contributed by atoms with Crippen LogP contribution >= 0.6 is 11.8 Å². The summed E-state index contributed by atoms with van der Waals surface area (Å²) in [6, 6.07) is 2.53. The SMILES string of the molecule is CCn1c(Sc2cc3c(cc2F)C(O)C(=O)N3)n[nH]c1=O. The van der Waals surface area contributed by atoms with Gasteiger partial charge in [-0.25, -0.2) is 14.3 Å². The van der Waals surface area contributed by atoms with Crippen LogP contribution in [0, 0.1) is 5.82 Å². The number of aliphatic hydroxyl groups excluding tert-OH is 1. The summed E-state index contributed by atoms with van der Waals surface area (Å²) < 4.78 is 15.4. The summed E-state index contributed by atoms with van der Waals surface area (Å²) in [5.74, 6) is -1.18. The number of hydrogen-bond donors (Lipinski definition) is 3. The van der Waals surface area contributed by atoms with Gasteiger partial charge < -0.3 is 10.4 Å². The number of aliphatic hydroxyl groups is 1. The summed E-state index contributed by atoms with van der Waals surface area (Å²) in [6.45, 7) is 2.18. The highest BCUT2D eigenvalue weighted by atomic mass is 32.2. The van der Waals surface area contributed by atoms with Crippen LogP contribution in [0.2, 0.25) is 0 Å². The number of carbonyl (C=O) groups is 1. The Morgan fingerprint density at radius 3 is 2.95 bits per heavy atom. The van der Waals surface area contributed by atoms with Crippen molar-refractivity contribution in [2.24, 2.45) is 0 Å². The van der Waals surface area contributed by atoms with E-state index in [9.17, 15) is 19.1 Å². The monoisotopic (exact) mass is 310 g/mol. The van der Waals surface area contributed by atoms with Crippen molar-refractivity contribution in [2.75, 3.05) is 5.32 Å². The maximum Gasteiger partial charge on any atom is 0.343 e. The molecule has 0 saturated carbocycles. The molecular weight excluding hydrogens is 299 g/mol. The molecule has 1 unspecified atom stereocenters. The smallest absolute Gasteiger partial charge is 0.343 e. The zero-order valence-electron chi connectivity index (χ0n) is 10.9. The van der Waals surface area contributed by atoms with Crippen LogP contribution in [-0.2, 0) is 11.3 Å². The van der Waals surface area contributed by atoms with Crippen LogP contribution < -0.4 is 11.0 Å². The van der Waals surface area contributed by atoms with Gasteiger partial charge in [-0.2, -0.15) is 0 Å². The number of nitrogens with one attached hydrogen (secondary N) is 2. The molecule has 1 aliphatic heterocycles. The molecule has 1 amide bonds. The van der Waals surface area contributed by atoms with Gasteiger partial charge in [0.15, 0.2) is 11.3 Å². The van der Waals surface area contributed by atoms with E-state index >= 15 is 0 Å². The molecule has 3 N–H and O–H groups in total. The molecule has 0 spiro atoms. The Hall–Kier alpha value is -2.13. The lowest BCUT2D eigenvalue weighted by atomic mass is 10.1. The van der Waals surface area contributed by atoms with Crippen LogP contribution in [0.15, 0.2) is 27.0 Å². The lowest BCUT2D eigenvalue weighted by Crippen LogP contribution is -2.16. The van der Waals surface area contributed by atoms with Gasteiger partial charge in [-0.3, -0.25) is 9.36 Å². The maximum absolute atomic E-state index is 14.1. The summed E-state index contributed by atoms with van der Waals surface area (Å²) in [7, 11) is 0. The lowest BCUT2D eigenvalue weighted by molar-refractivity contribution is -0.123. The Kier molecular flexibility index (Phi) is 3.30. The summed E-state index contributed by atoms with van der Waals surface area (Å²) >= 11 is 0.967. The van der Waals surface area contributed by atoms with E-state index in [4.69, 9.17) is 0 Å². The molecule has 1 aromatic heterocycles. The summed E-state index contributed by atoms with van der Waals surface area (Å²) in [5.41, 5.74) is 0.194. The van der Waals surface area contributed by atoms with E-state index in [0.29, 0.717) is 17.4 Å². The molecule has 0 fully saturated rings. The average Bonchev–Trinajstić information content (AvgIpc) is 2.93. The molecule has 0 radical (unpaired) electrons. The number of aromatic nitrogens is 3. The molecule has 0 aliphatic carbocycles. The lowest BCUT2D eigenvalue weighted by Gasteiger charge is -2.07. The topological polar surface area (TPSA) is 100 Å². The summed E-state index contributed by atoms with van der Waals surface area (Å²) in [6.07, 6.45) is -1.35. The highest BCUT2D eigenvalue weighted by molar-refractivity contribution is 7.99. The van der Waals surface area contributed by atoms with Crippen LogP contribution in [-0.4, -0.2) is 25.8 Å². The third kappa shape index (κ3) is 2.24. The zero-order chi connectivity index (χ0) is 15.1. The fourth-order valence-corrected chi connectivity index (χ4v) is 3.03. The molecule has 7 nitrogen and oxygen atoms in total. The van der Waals surface area contributed by atoms with Gasteiger partial charge >= 0.3 is 5.69 Å². The number of carbonyl (C=O) groups excluding carboxylic acids is 1. The number of nitrogens with zero attached hydrogens (tertiary/aromatic N) is 2. The largest absolute Gasteiger partial charge is 0.378 e.